The molecule has 0 amide bonds. The van der Waals surface area contributed by atoms with Gasteiger partial charge in [-0.15, -0.1) is 12.4 Å². The lowest BCUT2D eigenvalue weighted by atomic mass is 10.0. The first-order chi connectivity index (χ1) is 10.4. The van der Waals surface area contributed by atoms with Gasteiger partial charge in [0.25, 0.3) is 0 Å². The molecule has 0 spiro atoms. The summed E-state index contributed by atoms with van der Waals surface area (Å²) in [6, 6.07) is 22.0. The lowest BCUT2D eigenvalue weighted by molar-refractivity contribution is 0.221. The minimum absolute atomic E-state index is 0. The molecule has 0 unspecified atom stereocenters. The largest absolute Gasteiger partial charge is 0.382 e. The van der Waals surface area contributed by atoms with Crippen LogP contribution in [0.25, 0.3) is 0 Å². The van der Waals surface area contributed by atoms with Crippen LogP contribution >= 0.6 is 12.4 Å². The summed E-state index contributed by atoms with van der Waals surface area (Å²) < 4.78 is 0. The highest BCUT2D eigenvalue weighted by Crippen LogP contribution is 2.16. The second-order valence-electron chi connectivity index (χ2n) is 5.86. The van der Waals surface area contributed by atoms with Crippen molar-refractivity contribution in [2.24, 2.45) is 0 Å². The summed E-state index contributed by atoms with van der Waals surface area (Å²) in [4.78, 5) is 2.59. The van der Waals surface area contributed by atoms with Gasteiger partial charge in [-0.25, -0.2) is 0 Å². The lowest BCUT2D eigenvalue weighted by Crippen LogP contribution is -2.40. The Hall–Kier alpha value is -1.51. The number of likely N-dealkylation sites (tertiary alicyclic amines) is 1. The van der Waals surface area contributed by atoms with Gasteiger partial charge in [0.2, 0.25) is 0 Å². The molecule has 2 aromatic carbocycles. The van der Waals surface area contributed by atoms with Gasteiger partial charge in [0.1, 0.15) is 0 Å². The van der Waals surface area contributed by atoms with Gasteiger partial charge in [-0.2, -0.15) is 0 Å². The van der Waals surface area contributed by atoms with Crippen molar-refractivity contribution in [2.75, 3.05) is 25.0 Å². The lowest BCUT2D eigenvalue weighted by Gasteiger charge is -2.32. The van der Waals surface area contributed by atoms with Crippen LogP contribution in [0, 0.1) is 0 Å². The maximum Gasteiger partial charge on any atom is 0.0342 e. The molecule has 22 heavy (non-hydrogen) atoms. The van der Waals surface area contributed by atoms with Crippen LogP contribution in [0.15, 0.2) is 60.7 Å². The van der Waals surface area contributed by atoms with Crippen LogP contribution in [0.3, 0.4) is 0 Å². The minimum Gasteiger partial charge on any atom is -0.382 e. The molecule has 1 aliphatic heterocycles. The van der Waals surface area contributed by atoms with E-state index >= 15 is 0 Å². The van der Waals surface area contributed by atoms with Crippen molar-refractivity contribution >= 4 is 18.1 Å². The van der Waals surface area contributed by atoms with E-state index in [9.17, 15) is 0 Å². The first kappa shape index (κ1) is 16.9. The summed E-state index contributed by atoms with van der Waals surface area (Å²) in [5.74, 6) is 0. The summed E-state index contributed by atoms with van der Waals surface area (Å²) in [7, 11) is 0. The van der Waals surface area contributed by atoms with Gasteiger partial charge >= 0.3 is 0 Å². The number of hydrogen-bond donors (Lipinski definition) is 1. The molecule has 0 saturated carbocycles. The smallest absolute Gasteiger partial charge is 0.0342 e. The Labute approximate surface area is 140 Å². The fourth-order valence-corrected chi connectivity index (χ4v) is 3.00. The van der Waals surface area contributed by atoms with Crippen LogP contribution in [0.5, 0.6) is 0 Å². The monoisotopic (exact) mass is 316 g/mol. The van der Waals surface area contributed by atoms with E-state index in [0.29, 0.717) is 6.04 Å². The molecule has 3 rings (SSSR count). The number of nitrogens with one attached hydrogen (secondary N) is 1. The number of hydrogen-bond acceptors (Lipinski definition) is 2. The Morgan fingerprint density at radius 1 is 0.864 bits per heavy atom. The molecule has 2 nitrogen and oxygen atoms in total. The Bertz CT molecular complexity index is 522. The molecule has 0 aromatic heterocycles. The van der Waals surface area contributed by atoms with Crippen LogP contribution in [0.1, 0.15) is 18.4 Å². The standard InChI is InChI=1S/C19H24N2.ClH/c1-3-7-17(8-4-1)11-14-21-15-12-19(13-16-21)20-18-9-5-2-6-10-18;/h1-10,19-20H,11-16H2;1H. The predicted molar refractivity (Wildman–Crippen MR) is 96.9 cm³/mol. The summed E-state index contributed by atoms with van der Waals surface area (Å²) in [6.45, 7) is 3.59. The molecular formula is C19H25ClN2. The van der Waals surface area contributed by atoms with E-state index in [1.807, 2.05) is 0 Å². The van der Waals surface area contributed by atoms with Crippen molar-refractivity contribution in [1.82, 2.24) is 4.90 Å². The van der Waals surface area contributed by atoms with E-state index in [1.54, 1.807) is 0 Å². The van der Waals surface area contributed by atoms with Crippen LogP contribution in [0.2, 0.25) is 0 Å². The zero-order valence-corrected chi connectivity index (χ0v) is 13.8. The number of piperidine rings is 1. The molecule has 1 heterocycles. The number of rotatable bonds is 5. The van der Waals surface area contributed by atoms with Gasteiger partial charge in [0.15, 0.2) is 0 Å². The van der Waals surface area contributed by atoms with Gasteiger partial charge in [-0.1, -0.05) is 48.5 Å². The van der Waals surface area contributed by atoms with Crippen molar-refractivity contribution in [2.45, 2.75) is 25.3 Å². The number of anilines is 1. The van der Waals surface area contributed by atoms with Gasteiger partial charge in [0, 0.05) is 31.4 Å². The maximum atomic E-state index is 3.65. The number of nitrogens with zero attached hydrogens (tertiary/aromatic N) is 1. The van der Waals surface area contributed by atoms with E-state index in [4.69, 9.17) is 0 Å². The van der Waals surface area contributed by atoms with Gasteiger partial charge in [0.05, 0.1) is 0 Å². The predicted octanol–water partition coefficient (Wildman–Crippen LogP) is 4.23. The highest BCUT2D eigenvalue weighted by Gasteiger charge is 2.18. The van der Waals surface area contributed by atoms with Crippen molar-refractivity contribution < 1.29 is 0 Å². The molecule has 3 heteroatoms. The average Bonchev–Trinajstić information content (AvgIpc) is 2.56. The fourth-order valence-electron chi connectivity index (χ4n) is 3.00. The SMILES string of the molecule is Cl.c1ccc(CCN2CCC(Nc3ccccc3)CC2)cc1. The molecule has 1 fully saturated rings. The second kappa shape index (κ2) is 8.82. The molecule has 0 radical (unpaired) electrons. The quantitative estimate of drug-likeness (QED) is 0.888. The van der Waals surface area contributed by atoms with Gasteiger partial charge in [-0.05, 0) is 37.0 Å². The zero-order chi connectivity index (χ0) is 14.3. The van der Waals surface area contributed by atoms with E-state index in [2.05, 4.69) is 70.9 Å². The van der Waals surface area contributed by atoms with Crippen LogP contribution < -0.4 is 5.32 Å². The fraction of sp³-hybridized carbons (Fsp3) is 0.368. The molecule has 2 aromatic rings. The van der Waals surface area contributed by atoms with Gasteiger partial charge < -0.3 is 10.2 Å². The molecule has 1 aliphatic rings. The second-order valence-corrected chi connectivity index (χ2v) is 5.86. The summed E-state index contributed by atoms with van der Waals surface area (Å²) in [5, 5.41) is 3.65. The third kappa shape index (κ3) is 5.04. The topological polar surface area (TPSA) is 15.3 Å². The van der Waals surface area contributed by atoms with Crippen LogP contribution in [0.4, 0.5) is 5.69 Å². The molecule has 0 bridgehead atoms. The van der Waals surface area contributed by atoms with E-state index in [1.165, 1.54) is 43.7 Å². The Morgan fingerprint density at radius 3 is 2.09 bits per heavy atom. The third-order valence-corrected chi connectivity index (χ3v) is 4.29. The Balaban J connectivity index is 0.00000176. The van der Waals surface area contributed by atoms with Crippen molar-refractivity contribution in [3.63, 3.8) is 0 Å². The first-order valence-electron chi connectivity index (χ1n) is 7.98. The highest BCUT2D eigenvalue weighted by molar-refractivity contribution is 5.85. The average molecular weight is 317 g/mol. The number of para-hydroxylation sites is 1. The van der Waals surface area contributed by atoms with E-state index in [-0.39, 0.29) is 12.4 Å². The summed E-state index contributed by atoms with van der Waals surface area (Å²) in [6.07, 6.45) is 3.64. The number of benzene rings is 2. The molecule has 1 saturated heterocycles. The highest BCUT2D eigenvalue weighted by atomic mass is 35.5. The van der Waals surface area contributed by atoms with Crippen molar-refractivity contribution in [3.8, 4) is 0 Å². The molecule has 118 valence electrons. The maximum absolute atomic E-state index is 3.65. The van der Waals surface area contributed by atoms with Crippen molar-refractivity contribution in [3.05, 3.63) is 66.2 Å². The molecular weight excluding hydrogens is 292 g/mol. The molecule has 0 aliphatic carbocycles. The Kier molecular flexibility index (Phi) is 6.75. The van der Waals surface area contributed by atoms with Crippen LogP contribution in [-0.4, -0.2) is 30.6 Å². The summed E-state index contributed by atoms with van der Waals surface area (Å²) in [5.41, 5.74) is 2.70. The normalized spacial score (nSPS) is 16.0. The van der Waals surface area contributed by atoms with Gasteiger partial charge in [-0.3, -0.25) is 0 Å². The molecule has 0 atom stereocenters. The van der Waals surface area contributed by atoms with Crippen molar-refractivity contribution in [1.29, 1.82) is 0 Å². The number of halogens is 1. The summed E-state index contributed by atoms with van der Waals surface area (Å²) >= 11 is 0. The zero-order valence-electron chi connectivity index (χ0n) is 12.9. The van der Waals surface area contributed by atoms with E-state index in [0.717, 1.165) is 6.42 Å². The molecule has 1 N–H and O–H groups in total. The van der Waals surface area contributed by atoms with E-state index < -0.39 is 0 Å². The third-order valence-electron chi connectivity index (χ3n) is 4.29. The van der Waals surface area contributed by atoms with Crippen LogP contribution in [-0.2, 0) is 6.42 Å². The Morgan fingerprint density at radius 2 is 1.45 bits per heavy atom. The first-order valence-corrected chi connectivity index (χ1v) is 7.98. The minimum atomic E-state index is 0.